The first kappa shape index (κ1) is 19.9. The van der Waals surface area contributed by atoms with Crippen molar-refractivity contribution in [2.45, 2.75) is 26.3 Å². The Labute approximate surface area is 166 Å². The Bertz CT molecular complexity index is 737. The number of carbonyl (C=O) groups excluding carboxylic acids is 2. The number of rotatable bonds is 7. The molecule has 0 aliphatic heterocycles. The lowest BCUT2D eigenvalue weighted by atomic mass is 10.0. The number of thiophene rings is 1. The van der Waals surface area contributed by atoms with Crippen LogP contribution in [0.4, 0.5) is 0 Å². The van der Waals surface area contributed by atoms with Crippen molar-refractivity contribution >= 4 is 61.2 Å². The highest BCUT2D eigenvalue weighted by molar-refractivity contribution is 9.13. The Balaban J connectivity index is 1.91. The molecule has 2 aromatic heterocycles. The molecule has 0 saturated carbocycles. The molecule has 1 atom stereocenters. The molecule has 134 valence electrons. The highest BCUT2D eigenvalue weighted by atomic mass is 79.9. The molecular weight excluding hydrogens is 474 g/mol. The fourth-order valence-corrected chi connectivity index (χ4v) is 3.30. The normalized spacial score (nSPS) is 12.5. The van der Waals surface area contributed by atoms with Crippen molar-refractivity contribution in [2.75, 3.05) is 0 Å². The number of hydrogen-bond donors (Lipinski definition) is 2. The first-order valence-corrected chi connectivity index (χ1v) is 9.93. The average Bonchev–Trinajstić information content (AvgIpc) is 3.15. The summed E-state index contributed by atoms with van der Waals surface area (Å²) < 4.78 is 6.62. The molecule has 0 spiro atoms. The molecule has 2 aromatic rings. The predicted molar refractivity (Wildman–Crippen MR) is 105 cm³/mol. The van der Waals surface area contributed by atoms with E-state index in [1.165, 1.54) is 17.6 Å². The molecule has 2 amide bonds. The van der Waals surface area contributed by atoms with Gasteiger partial charge in [-0.1, -0.05) is 19.9 Å². The standard InChI is InChI=1S/C16H17Br2N3O3S/c1-9(2)14(20-13(22)7-11-4-3-5-25-11)16(23)21-19-8-10-6-12(17)15(18)24-10/h3-6,8-9,14H,7H2,1-2H3,(H,20,22)(H,21,23)/t14-/m1/s1. The molecule has 9 heteroatoms. The van der Waals surface area contributed by atoms with Gasteiger partial charge in [-0.15, -0.1) is 11.3 Å². The van der Waals surface area contributed by atoms with E-state index in [0.29, 0.717) is 10.4 Å². The highest BCUT2D eigenvalue weighted by Gasteiger charge is 2.24. The van der Waals surface area contributed by atoms with Crippen molar-refractivity contribution in [3.63, 3.8) is 0 Å². The first-order chi connectivity index (χ1) is 11.9. The van der Waals surface area contributed by atoms with E-state index in [1.54, 1.807) is 6.07 Å². The van der Waals surface area contributed by atoms with Gasteiger partial charge in [-0.3, -0.25) is 9.59 Å². The Morgan fingerprint density at radius 3 is 2.72 bits per heavy atom. The van der Waals surface area contributed by atoms with Gasteiger partial charge in [0.2, 0.25) is 5.91 Å². The monoisotopic (exact) mass is 489 g/mol. The van der Waals surface area contributed by atoms with Crippen LogP contribution in [0.3, 0.4) is 0 Å². The van der Waals surface area contributed by atoms with Gasteiger partial charge in [-0.2, -0.15) is 5.10 Å². The maximum atomic E-state index is 12.3. The summed E-state index contributed by atoms with van der Waals surface area (Å²) in [6.45, 7) is 3.72. The summed E-state index contributed by atoms with van der Waals surface area (Å²) in [6.07, 6.45) is 1.64. The van der Waals surface area contributed by atoms with Crippen molar-refractivity contribution in [3.8, 4) is 0 Å². The van der Waals surface area contributed by atoms with Gasteiger partial charge in [0.1, 0.15) is 11.8 Å². The van der Waals surface area contributed by atoms with Crippen LogP contribution in [0.2, 0.25) is 0 Å². The third-order valence-corrected chi connectivity index (χ3v) is 5.80. The van der Waals surface area contributed by atoms with Crippen LogP contribution < -0.4 is 10.7 Å². The predicted octanol–water partition coefficient (Wildman–Crippen LogP) is 3.70. The van der Waals surface area contributed by atoms with Crippen molar-refractivity contribution in [1.82, 2.24) is 10.7 Å². The molecule has 2 N–H and O–H groups in total. The minimum Gasteiger partial charge on any atom is -0.447 e. The molecule has 0 radical (unpaired) electrons. The molecule has 0 aliphatic rings. The lowest BCUT2D eigenvalue weighted by Crippen LogP contribution is -2.49. The number of hydrazone groups is 1. The average molecular weight is 491 g/mol. The highest BCUT2D eigenvalue weighted by Crippen LogP contribution is 2.25. The van der Waals surface area contributed by atoms with Crippen LogP contribution in [0.5, 0.6) is 0 Å². The van der Waals surface area contributed by atoms with Gasteiger partial charge in [0, 0.05) is 10.9 Å². The Kier molecular flexibility index (Phi) is 7.39. The molecule has 0 aromatic carbocycles. The Morgan fingerprint density at radius 2 is 2.16 bits per heavy atom. The van der Waals surface area contributed by atoms with E-state index in [2.05, 4.69) is 47.7 Å². The molecule has 0 aliphatic carbocycles. The molecular formula is C16H17Br2N3O3S. The summed E-state index contributed by atoms with van der Waals surface area (Å²) in [4.78, 5) is 25.4. The lowest BCUT2D eigenvalue weighted by Gasteiger charge is -2.20. The number of carbonyl (C=O) groups is 2. The minimum atomic E-state index is -0.667. The molecule has 2 rings (SSSR count). The second-order valence-corrected chi connectivity index (χ2v) is 8.16. The molecule has 2 heterocycles. The van der Waals surface area contributed by atoms with Crippen LogP contribution in [0.1, 0.15) is 24.5 Å². The van der Waals surface area contributed by atoms with Gasteiger partial charge in [-0.25, -0.2) is 5.43 Å². The summed E-state index contributed by atoms with van der Waals surface area (Å²) >= 11 is 8.02. The summed E-state index contributed by atoms with van der Waals surface area (Å²) in [5.41, 5.74) is 2.43. The third-order valence-electron chi connectivity index (χ3n) is 3.21. The fourth-order valence-electron chi connectivity index (χ4n) is 1.99. The zero-order chi connectivity index (χ0) is 18.4. The van der Waals surface area contributed by atoms with Crippen molar-refractivity contribution in [1.29, 1.82) is 0 Å². The second-order valence-electron chi connectivity index (χ2n) is 5.55. The first-order valence-electron chi connectivity index (χ1n) is 7.46. The summed E-state index contributed by atoms with van der Waals surface area (Å²) in [5, 5.41) is 8.54. The van der Waals surface area contributed by atoms with Gasteiger partial charge in [0.15, 0.2) is 4.67 Å². The smallest absolute Gasteiger partial charge is 0.262 e. The van der Waals surface area contributed by atoms with Crippen LogP contribution in [0.25, 0.3) is 0 Å². The van der Waals surface area contributed by atoms with Crippen LogP contribution in [-0.2, 0) is 16.0 Å². The van der Waals surface area contributed by atoms with E-state index >= 15 is 0 Å². The van der Waals surface area contributed by atoms with Crippen molar-refractivity contribution < 1.29 is 14.0 Å². The molecule has 0 saturated heterocycles. The van der Waals surface area contributed by atoms with Gasteiger partial charge < -0.3 is 9.73 Å². The summed E-state index contributed by atoms with van der Waals surface area (Å²) in [7, 11) is 0. The van der Waals surface area contributed by atoms with Gasteiger partial charge >= 0.3 is 0 Å². The maximum absolute atomic E-state index is 12.3. The molecule has 6 nitrogen and oxygen atoms in total. The molecule has 0 bridgehead atoms. The van der Waals surface area contributed by atoms with Crippen LogP contribution in [-0.4, -0.2) is 24.1 Å². The van der Waals surface area contributed by atoms with Gasteiger partial charge in [0.25, 0.3) is 5.91 Å². The number of nitrogens with zero attached hydrogens (tertiary/aromatic N) is 1. The van der Waals surface area contributed by atoms with E-state index in [0.717, 1.165) is 9.35 Å². The van der Waals surface area contributed by atoms with E-state index in [9.17, 15) is 9.59 Å². The Hall–Kier alpha value is -1.45. The number of halogens is 2. The minimum absolute atomic E-state index is 0.0746. The summed E-state index contributed by atoms with van der Waals surface area (Å²) in [5.74, 6) is -0.175. The number of nitrogens with one attached hydrogen (secondary N) is 2. The van der Waals surface area contributed by atoms with Crippen molar-refractivity contribution in [2.24, 2.45) is 11.0 Å². The molecule has 25 heavy (non-hydrogen) atoms. The van der Waals surface area contributed by atoms with E-state index in [-0.39, 0.29) is 24.2 Å². The van der Waals surface area contributed by atoms with Gasteiger partial charge in [0.05, 0.1) is 17.1 Å². The zero-order valence-corrected chi connectivity index (χ0v) is 17.6. The quantitative estimate of drug-likeness (QED) is 0.458. The molecule has 0 unspecified atom stereocenters. The number of amides is 2. The summed E-state index contributed by atoms with van der Waals surface area (Å²) in [6, 6.07) is 4.82. The molecule has 0 fully saturated rings. The van der Waals surface area contributed by atoms with Crippen molar-refractivity contribution in [3.05, 3.63) is 43.4 Å². The van der Waals surface area contributed by atoms with Crippen LogP contribution in [0.15, 0.2) is 42.2 Å². The van der Waals surface area contributed by atoms with E-state index < -0.39 is 6.04 Å². The number of hydrogen-bond acceptors (Lipinski definition) is 5. The SMILES string of the molecule is CC(C)[C@@H](NC(=O)Cc1cccs1)C(=O)NN=Cc1cc(Br)c(Br)o1. The van der Waals surface area contributed by atoms with Crippen LogP contribution >= 0.6 is 43.2 Å². The van der Waals surface area contributed by atoms with Crippen LogP contribution in [0, 0.1) is 5.92 Å². The topological polar surface area (TPSA) is 83.7 Å². The van der Waals surface area contributed by atoms with Gasteiger partial charge in [-0.05, 0) is 49.2 Å². The number of furan rings is 1. The maximum Gasteiger partial charge on any atom is 0.262 e. The Morgan fingerprint density at radius 1 is 1.40 bits per heavy atom. The second kappa shape index (κ2) is 9.30. The fraction of sp³-hybridized carbons (Fsp3) is 0.312. The van der Waals surface area contributed by atoms with E-state index in [4.69, 9.17) is 4.42 Å². The third kappa shape index (κ3) is 6.09. The lowest BCUT2D eigenvalue weighted by molar-refractivity contribution is -0.129. The largest absolute Gasteiger partial charge is 0.447 e. The van der Waals surface area contributed by atoms with E-state index in [1.807, 2.05) is 31.4 Å². The zero-order valence-electron chi connectivity index (χ0n) is 13.6.